The van der Waals surface area contributed by atoms with Crippen LogP contribution in [0.4, 0.5) is 0 Å². The van der Waals surface area contributed by atoms with Crippen molar-refractivity contribution in [3.05, 3.63) is 59.2 Å². The van der Waals surface area contributed by atoms with Crippen LogP contribution in [-0.4, -0.2) is 21.7 Å². The second-order valence-corrected chi connectivity index (χ2v) is 5.04. The summed E-state index contributed by atoms with van der Waals surface area (Å²) >= 11 is 0. The van der Waals surface area contributed by atoms with E-state index in [2.05, 4.69) is 29.2 Å². The minimum absolute atomic E-state index is 0.102. The van der Waals surface area contributed by atoms with E-state index in [1.807, 2.05) is 0 Å². The first-order valence-corrected chi connectivity index (χ1v) is 6.52. The molecule has 3 heteroatoms. The van der Waals surface area contributed by atoms with Crippen LogP contribution in [0.1, 0.15) is 16.7 Å². The number of hydrogen-bond donors (Lipinski definition) is 2. The molecule has 0 bridgehead atoms. The summed E-state index contributed by atoms with van der Waals surface area (Å²) < 4.78 is 0. The summed E-state index contributed by atoms with van der Waals surface area (Å²) in [4.78, 5) is 2.31. The molecule has 0 saturated carbocycles. The molecule has 0 atom stereocenters. The van der Waals surface area contributed by atoms with Crippen molar-refractivity contribution < 1.29 is 10.2 Å². The molecule has 2 aromatic carbocycles. The van der Waals surface area contributed by atoms with Gasteiger partial charge in [-0.05, 0) is 23.6 Å². The third-order valence-corrected chi connectivity index (χ3v) is 3.67. The average Bonchev–Trinajstić information content (AvgIpc) is 2.42. The van der Waals surface area contributed by atoms with Gasteiger partial charge in [0.2, 0.25) is 0 Å². The van der Waals surface area contributed by atoms with E-state index in [1.54, 1.807) is 12.1 Å². The van der Waals surface area contributed by atoms with Crippen molar-refractivity contribution >= 4 is 0 Å². The summed E-state index contributed by atoms with van der Waals surface area (Å²) in [5, 5.41) is 19.1. The molecule has 3 rings (SSSR count). The Morgan fingerprint density at radius 3 is 2.58 bits per heavy atom. The van der Waals surface area contributed by atoms with Gasteiger partial charge in [-0.15, -0.1) is 0 Å². The lowest BCUT2D eigenvalue weighted by molar-refractivity contribution is 0.242. The molecule has 0 fully saturated rings. The third-order valence-electron chi connectivity index (χ3n) is 3.67. The van der Waals surface area contributed by atoms with Crippen molar-refractivity contribution in [1.29, 1.82) is 0 Å². The first kappa shape index (κ1) is 12.1. The van der Waals surface area contributed by atoms with Gasteiger partial charge < -0.3 is 10.2 Å². The standard InChI is InChI=1S/C16H17NO2/c18-15-6-5-14(16(19)9-15)11-17-8-7-12-3-1-2-4-13(12)10-17/h1-6,9,18-19H,7-8,10-11H2. The van der Waals surface area contributed by atoms with Crippen LogP contribution < -0.4 is 0 Å². The lowest BCUT2D eigenvalue weighted by Gasteiger charge is -2.28. The first-order valence-electron chi connectivity index (χ1n) is 6.52. The largest absolute Gasteiger partial charge is 0.508 e. The van der Waals surface area contributed by atoms with Gasteiger partial charge in [-0.1, -0.05) is 30.3 Å². The van der Waals surface area contributed by atoms with Gasteiger partial charge in [-0.2, -0.15) is 0 Å². The summed E-state index contributed by atoms with van der Waals surface area (Å²) in [6, 6.07) is 13.3. The first-order chi connectivity index (χ1) is 9.22. The molecule has 0 saturated heterocycles. The normalized spacial score (nSPS) is 15.2. The fourth-order valence-corrected chi connectivity index (χ4v) is 2.62. The molecule has 0 unspecified atom stereocenters. The Hall–Kier alpha value is -2.00. The van der Waals surface area contributed by atoms with E-state index >= 15 is 0 Å². The maximum Gasteiger partial charge on any atom is 0.123 e. The Labute approximate surface area is 112 Å². The zero-order valence-electron chi connectivity index (χ0n) is 10.7. The molecule has 2 N–H and O–H groups in total. The van der Waals surface area contributed by atoms with Gasteiger partial charge in [0.15, 0.2) is 0 Å². The molecule has 98 valence electrons. The van der Waals surface area contributed by atoms with Crippen molar-refractivity contribution in [2.75, 3.05) is 6.54 Å². The Bertz CT molecular complexity index is 595. The molecular formula is C16H17NO2. The van der Waals surface area contributed by atoms with Crippen molar-refractivity contribution in [2.24, 2.45) is 0 Å². The summed E-state index contributed by atoms with van der Waals surface area (Å²) in [5.74, 6) is 0.268. The molecule has 0 amide bonds. The fraction of sp³-hybridized carbons (Fsp3) is 0.250. The molecule has 1 aliphatic heterocycles. The number of aromatic hydroxyl groups is 2. The van der Waals surface area contributed by atoms with E-state index in [4.69, 9.17) is 0 Å². The van der Waals surface area contributed by atoms with Crippen LogP contribution in [-0.2, 0) is 19.5 Å². The van der Waals surface area contributed by atoms with Crippen LogP contribution in [0.2, 0.25) is 0 Å². The van der Waals surface area contributed by atoms with Crippen LogP contribution in [0.5, 0.6) is 11.5 Å². The van der Waals surface area contributed by atoms with Gasteiger partial charge in [0, 0.05) is 31.3 Å². The Morgan fingerprint density at radius 1 is 1.00 bits per heavy atom. The number of benzene rings is 2. The molecule has 1 aliphatic rings. The second-order valence-electron chi connectivity index (χ2n) is 5.04. The van der Waals surface area contributed by atoms with Gasteiger partial charge in [0.1, 0.15) is 11.5 Å². The highest BCUT2D eigenvalue weighted by Crippen LogP contribution is 2.26. The van der Waals surface area contributed by atoms with Crippen molar-refractivity contribution in [3.8, 4) is 11.5 Å². The molecule has 0 aliphatic carbocycles. The highest BCUT2D eigenvalue weighted by molar-refractivity contribution is 5.39. The van der Waals surface area contributed by atoms with Crippen LogP contribution >= 0.6 is 0 Å². The summed E-state index contributed by atoms with van der Waals surface area (Å²) in [7, 11) is 0. The second kappa shape index (κ2) is 4.94. The summed E-state index contributed by atoms with van der Waals surface area (Å²) in [6.07, 6.45) is 1.05. The molecule has 2 aromatic rings. The number of nitrogens with zero attached hydrogens (tertiary/aromatic N) is 1. The van der Waals surface area contributed by atoms with Crippen LogP contribution in [0.3, 0.4) is 0 Å². The molecule has 19 heavy (non-hydrogen) atoms. The predicted molar refractivity (Wildman–Crippen MR) is 74.0 cm³/mol. The molecule has 1 heterocycles. The van der Waals surface area contributed by atoms with E-state index in [9.17, 15) is 10.2 Å². The lowest BCUT2D eigenvalue weighted by Crippen LogP contribution is -2.29. The van der Waals surface area contributed by atoms with E-state index in [0.29, 0.717) is 6.54 Å². The van der Waals surface area contributed by atoms with Gasteiger partial charge in [0.05, 0.1) is 0 Å². The summed E-state index contributed by atoms with van der Waals surface area (Å²) in [6.45, 7) is 2.62. The van der Waals surface area contributed by atoms with Gasteiger partial charge >= 0.3 is 0 Å². The Balaban J connectivity index is 1.75. The third kappa shape index (κ3) is 2.56. The molecule has 0 radical (unpaired) electrons. The number of fused-ring (bicyclic) bond motifs is 1. The highest BCUT2D eigenvalue weighted by Gasteiger charge is 2.16. The average molecular weight is 255 g/mol. The molecule has 0 spiro atoms. The van der Waals surface area contributed by atoms with Crippen molar-refractivity contribution in [2.45, 2.75) is 19.5 Å². The highest BCUT2D eigenvalue weighted by atomic mass is 16.3. The van der Waals surface area contributed by atoms with E-state index < -0.39 is 0 Å². The van der Waals surface area contributed by atoms with Gasteiger partial charge in [-0.25, -0.2) is 0 Å². The van der Waals surface area contributed by atoms with E-state index in [-0.39, 0.29) is 11.5 Å². The number of rotatable bonds is 2. The maximum absolute atomic E-state index is 9.83. The van der Waals surface area contributed by atoms with E-state index in [0.717, 1.165) is 25.1 Å². The monoisotopic (exact) mass is 255 g/mol. The van der Waals surface area contributed by atoms with Gasteiger partial charge in [0.25, 0.3) is 0 Å². The number of hydrogen-bond acceptors (Lipinski definition) is 3. The van der Waals surface area contributed by atoms with Gasteiger partial charge in [-0.3, -0.25) is 4.90 Å². The predicted octanol–water partition coefficient (Wildman–Crippen LogP) is 2.66. The zero-order chi connectivity index (χ0) is 13.2. The minimum atomic E-state index is 0.102. The summed E-state index contributed by atoms with van der Waals surface area (Å²) in [5.41, 5.74) is 3.65. The number of phenols is 2. The molecular weight excluding hydrogens is 238 g/mol. The fourth-order valence-electron chi connectivity index (χ4n) is 2.62. The smallest absolute Gasteiger partial charge is 0.123 e. The zero-order valence-corrected chi connectivity index (χ0v) is 10.7. The maximum atomic E-state index is 9.83. The topological polar surface area (TPSA) is 43.7 Å². The SMILES string of the molecule is Oc1ccc(CN2CCc3ccccc3C2)c(O)c1. The molecule has 0 aromatic heterocycles. The minimum Gasteiger partial charge on any atom is -0.508 e. The van der Waals surface area contributed by atoms with E-state index in [1.165, 1.54) is 17.2 Å². The lowest BCUT2D eigenvalue weighted by atomic mass is 9.99. The Kier molecular flexibility index (Phi) is 3.13. The van der Waals surface area contributed by atoms with Crippen molar-refractivity contribution in [1.82, 2.24) is 4.90 Å². The quantitative estimate of drug-likeness (QED) is 0.867. The Morgan fingerprint density at radius 2 is 1.79 bits per heavy atom. The van der Waals surface area contributed by atoms with Crippen molar-refractivity contribution in [3.63, 3.8) is 0 Å². The van der Waals surface area contributed by atoms with Crippen LogP contribution in [0.25, 0.3) is 0 Å². The number of phenolic OH excluding ortho intramolecular Hbond substituents is 2. The van der Waals surface area contributed by atoms with Crippen LogP contribution in [0, 0.1) is 0 Å². The molecule has 3 nitrogen and oxygen atoms in total. The van der Waals surface area contributed by atoms with Crippen LogP contribution in [0.15, 0.2) is 42.5 Å².